The number of nitrogens with zero attached hydrogens (tertiary/aromatic N) is 1. The minimum absolute atomic E-state index is 0.0865. The Hall–Kier alpha value is -1.58. The third-order valence-electron chi connectivity index (χ3n) is 3.50. The van der Waals surface area contributed by atoms with Gasteiger partial charge in [-0.3, -0.25) is 0 Å². The number of anilines is 1. The number of amides is 2. The zero-order valence-corrected chi connectivity index (χ0v) is 10.9. The van der Waals surface area contributed by atoms with Crippen LogP contribution in [0.1, 0.15) is 25.3 Å². The molecule has 0 spiro atoms. The molecule has 1 aromatic carbocycles. The maximum Gasteiger partial charge on any atom is 0.321 e. The summed E-state index contributed by atoms with van der Waals surface area (Å²) in [7, 11) is 0. The van der Waals surface area contributed by atoms with Gasteiger partial charge in [0.25, 0.3) is 0 Å². The highest BCUT2D eigenvalue weighted by molar-refractivity contribution is 5.90. The van der Waals surface area contributed by atoms with E-state index in [0.29, 0.717) is 11.6 Å². The predicted octanol–water partition coefficient (Wildman–Crippen LogP) is 3.40. The Morgan fingerprint density at radius 3 is 2.67 bits per heavy atom. The monoisotopic (exact) mass is 250 g/mol. The molecule has 1 aliphatic heterocycles. The molecular formula is C14H19FN2O. The number of benzene rings is 1. The van der Waals surface area contributed by atoms with Gasteiger partial charge < -0.3 is 10.2 Å². The Morgan fingerprint density at radius 1 is 1.39 bits per heavy atom. The molecule has 18 heavy (non-hydrogen) atoms. The summed E-state index contributed by atoms with van der Waals surface area (Å²) >= 11 is 0. The molecule has 4 heteroatoms. The van der Waals surface area contributed by atoms with Crippen molar-refractivity contribution in [2.24, 2.45) is 5.92 Å². The second kappa shape index (κ2) is 5.38. The van der Waals surface area contributed by atoms with Gasteiger partial charge in [0.05, 0.1) is 0 Å². The van der Waals surface area contributed by atoms with Gasteiger partial charge in [0.1, 0.15) is 5.82 Å². The molecule has 0 radical (unpaired) electrons. The van der Waals surface area contributed by atoms with Crippen molar-refractivity contribution in [3.63, 3.8) is 0 Å². The Bertz CT molecular complexity index is 439. The molecule has 1 saturated heterocycles. The van der Waals surface area contributed by atoms with Crippen LogP contribution in [-0.4, -0.2) is 24.0 Å². The van der Waals surface area contributed by atoms with E-state index in [1.807, 2.05) is 4.90 Å². The topological polar surface area (TPSA) is 32.3 Å². The average molecular weight is 250 g/mol. The summed E-state index contributed by atoms with van der Waals surface area (Å²) < 4.78 is 13.0. The molecule has 0 unspecified atom stereocenters. The fourth-order valence-corrected chi connectivity index (χ4v) is 2.17. The SMILES string of the molecule is Cc1cc(F)ccc1NC(=O)N1CCC(C)CC1. The number of halogens is 1. The Morgan fingerprint density at radius 2 is 2.06 bits per heavy atom. The quantitative estimate of drug-likeness (QED) is 0.814. The van der Waals surface area contributed by atoms with E-state index in [4.69, 9.17) is 0 Å². The number of piperidine rings is 1. The minimum atomic E-state index is -0.280. The maximum absolute atomic E-state index is 13.0. The van der Waals surface area contributed by atoms with Crippen LogP contribution in [-0.2, 0) is 0 Å². The van der Waals surface area contributed by atoms with Gasteiger partial charge in [-0.2, -0.15) is 0 Å². The first-order valence-corrected chi connectivity index (χ1v) is 6.38. The van der Waals surface area contributed by atoms with Gasteiger partial charge in [0.2, 0.25) is 0 Å². The first-order valence-electron chi connectivity index (χ1n) is 6.38. The standard InChI is InChI=1S/C14H19FN2O/c1-10-5-7-17(8-6-10)14(18)16-13-4-3-12(15)9-11(13)2/h3-4,9-10H,5-8H2,1-2H3,(H,16,18). The van der Waals surface area contributed by atoms with E-state index >= 15 is 0 Å². The van der Waals surface area contributed by atoms with E-state index in [9.17, 15) is 9.18 Å². The molecule has 2 rings (SSSR count). The number of urea groups is 1. The summed E-state index contributed by atoms with van der Waals surface area (Å²) in [4.78, 5) is 13.9. The van der Waals surface area contributed by atoms with E-state index in [2.05, 4.69) is 12.2 Å². The highest BCUT2D eigenvalue weighted by atomic mass is 19.1. The number of carbonyl (C=O) groups is 1. The van der Waals surface area contributed by atoms with Crippen molar-refractivity contribution in [1.82, 2.24) is 4.90 Å². The number of likely N-dealkylation sites (tertiary alicyclic amines) is 1. The molecule has 0 saturated carbocycles. The van der Waals surface area contributed by atoms with Crippen LogP contribution >= 0.6 is 0 Å². The third kappa shape index (κ3) is 3.00. The molecule has 0 aliphatic carbocycles. The number of aryl methyl sites for hydroxylation is 1. The van der Waals surface area contributed by atoms with E-state index in [1.165, 1.54) is 12.1 Å². The molecule has 1 fully saturated rings. The van der Waals surface area contributed by atoms with Gasteiger partial charge >= 0.3 is 6.03 Å². The molecule has 1 N–H and O–H groups in total. The summed E-state index contributed by atoms with van der Waals surface area (Å²) in [6.07, 6.45) is 2.10. The molecule has 1 heterocycles. The summed E-state index contributed by atoms with van der Waals surface area (Å²) in [6.45, 7) is 5.59. The molecule has 1 aromatic rings. The molecule has 2 amide bonds. The maximum atomic E-state index is 13.0. The van der Waals surface area contributed by atoms with Crippen LogP contribution < -0.4 is 5.32 Å². The lowest BCUT2D eigenvalue weighted by Crippen LogP contribution is -2.40. The van der Waals surface area contributed by atoms with Gasteiger partial charge in [0.15, 0.2) is 0 Å². The van der Waals surface area contributed by atoms with Gasteiger partial charge in [-0.15, -0.1) is 0 Å². The van der Waals surface area contributed by atoms with Crippen LogP contribution in [0.15, 0.2) is 18.2 Å². The van der Waals surface area contributed by atoms with Crippen LogP contribution in [0.5, 0.6) is 0 Å². The summed E-state index contributed by atoms with van der Waals surface area (Å²) in [5, 5.41) is 2.84. The van der Waals surface area contributed by atoms with E-state index in [-0.39, 0.29) is 11.8 Å². The lowest BCUT2D eigenvalue weighted by molar-refractivity contribution is 0.186. The smallest absolute Gasteiger partial charge is 0.321 e. The molecule has 0 atom stereocenters. The van der Waals surface area contributed by atoms with Crippen molar-refractivity contribution in [2.45, 2.75) is 26.7 Å². The molecular weight excluding hydrogens is 231 g/mol. The molecule has 0 aromatic heterocycles. The number of nitrogens with one attached hydrogen (secondary N) is 1. The lowest BCUT2D eigenvalue weighted by Gasteiger charge is -2.30. The molecule has 98 valence electrons. The van der Waals surface area contributed by atoms with Crippen LogP contribution in [0.25, 0.3) is 0 Å². The first kappa shape index (κ1) is 12.9. The van der Waals surface area contributed by atoms with Gasteiger partial charge in [-0.1, -0.05) is 6.92 Å². The van der Waals surface area contributed by atoms with Crippen molar-refractivity contribution < 1.29 is 9.18 Å². The second-order valence-electron chi connectivity index (χ2n) is 5.06. The normalized spacial score (nSPS) is 16.7. The number of hydrogen-bond acceptors (Lipinski definition) is 1. The third-order valence-corrected chi connectivity index (χ3v) is 3.50. The largest absolute Gasteiger partial charge is 0.325 e. The van der Waals surface area contributed by atoms with Gasteiger partial charge in [-0.05, 0) is 49.4 Å². The van der Waals surface area contributed by atoms with Crippen molar-refractivity contribution in [3.05, 3.63) is 29.6 Å². The minimum Gasteiger partial charge on any atom is -0.325 e. The number of rotatable bonds is 1. The Balaban J connectivity index is 1.98. The first-order chi connectivity index (χ1) is 8.56. The molecule has 3 nitrogen and oxygen atoms in total. The van der Waals surface area contributed by atoms with E-state index < -0.39 is 0 Å². The summed E-state index contributed by atoms with van der Waals surface area (Å²) in [6, 6.07) is 4.31. The van der Waals surface area contributed by atoms with Crippen LogP contribution in [0.2, 0.25) is 0 Å². The number of carbonyl (C=O) groups excluding carboxylic acids is 1. The van der Waals surface area contributed by atoms with Crippen LogP contribution in [0, 0.1) is 18.7 Å². The Kier molecular flexibility index (Phi) is 3.84. The highest BCUT2D eigenvalue weighted by Crippen LogP contribution is 2.19. The van der Waals surface area contributed by atoms with Crippen molar-refractivity contribution in [3.8, 4) is 0 Å². The fraction of sp³-hybridized carbons (Fsp3) is 0.500. The fourth-order valence-electron chi connectivity index (χ4n) is 2.17. The number of hydrogen-bond donors (Lipinski definition) is 1. The van der Waals surface area contributed by atoms with Crippen LogP contribution in [0.4, 0.5) is 14.9 Å². The Labute approximate surface area is 107 Å². The summed E-state index contributed by atoms with van der Waals surface area (Å²) in [5.74, 6) is 0.416. The van der Waals surface area contributed by atoms with Gasteiger partial charge in [-0.25, -0.2) is 9.18 Å². The zero-order valence-electron chi connectivity index (χ0n) is 10.9. The molecule has 1 aliphatic rings. The van der Waals surface area contributed by atoms with E-state index in [1.54, 1.807) is 13.0 Å². The zero-order chi connectivity index (χ0) is 13.1. The van der Waals surface area contributed by atoms with Crippen molar-refractivity contribution in [1.29, 1.82) is 0 Å². The predicted molar refractivity (Wildman–Crippen MR) is 70.1 cm³/mol. The second-order valence-corrected chi connectivity index (χ2v) is 5.06. The van der Waals surface area contributed by atoms with E-state index in [0.717, 1.165) is 31.5 Å². The average Bonchev–Trinajstić information content (AvgIpc) is 2.33. The van der Waals surface area contributed by atoms with Crippen molar-refractivity contribution in [2.75, 3.05) is 18.4 Å². The highest BCUT2D eigenvalue weighted by Gasteiger charge is 2.20. The van der Waals surface area contributed by atoms with Gasteiger partial charge in [0, 0.05) is 18.8 Å². The lowest BCUT2D eigenvalue weighted by atomic mass is 10.00. The summed E-state index contributed by atoms with van der Waals surface area (Å²) in [5.41, 5.74) is 1.42. The van der Waals surface area contributed by atoms with Crippen LogP contribution in [0.3, 0.4) is 0 Å². The van der Waals surface area contributed by atoms with Crippen molar-refractivity contribution >= 4 is 11.7 Å². The molecule has 0 bridgehead atoms.